The third-order valence-corrected chi connectivity index (χ3v) is 4.32. The van der Waals surface area contributed by atoms with E-state index in [2.05, 4.69) is 10.3 Å². The molecule has 4 rings (SSSR count). The zero-order valence-electron chi connectivity index (χ0n) is 13.7. The van der Waals surface area contributed by atoms with E-state index in [0.717, 1.165) is 16.0 Å². The van der Waals surface area contributed by atoms with Gasteiger partial charge in [-0.3, -0.25) is 9.59 Å². The molecule has 0 spiro atoms. The quantitative estimate of drug-likeness (QED) is 0.791. The molecule has 2 aromatic rings. The van der Waals surface area contributed by atoms with Gasteiger partial charge < -0.3 is 0 Å². The lowest BCUT2D eigenvalue weighted by molar-refractivity contribution is -0.121. The Bertz CT molecular complexity index is 907. The number of benzene rings is 2. The minimum Gasteiger partial charge on any atom is -0.271 e. The Morgan fingerprint density at radius 3 is 2.36 bits per heavy atom. The molecule has 7 heteroatoms. The molecule has 0 bridgehead atoms. The summed E-state index contributed by atoms with van der Waals surface area (Å²) in [5.74, 6) is -1.27. The summed E-state index contributed by atoms with van der Waals surface area (Å²) in [5.41, 5.74) is 2.82. The molecule has 1 saturated heterocycles. The molecule has 0 unspecified atom stereocenters. The van der Waals surface area contributed by atoms with Crippen molar-refractivity contribution in [2.45, 2.75) is 25.9 Å². The summed E-state index contributed by atoms with van der Waals surface area (Å²) in [4.78, 5) is 26.8. The van der Waals surface area contributed by atoms with Gasteiger partial charge in [0.25, 0.3) is 11.8 Å². The second-order valence-corrected chi connectivity index (χ2v) is 6.28. The van der Waals surface area contributed by atoms with Crippen LogP contribution in [0.15, 0.2) is 52.8 Å². The summed E-state index contributed by atoms with van der Waals surface area (Å²) in [7, 11) is 0. The average molecular weight is 338 g/mol. The number of carbonyl (C=O) groups excluding carboxylic acids is 2. The van der Waals surface area contributed by atoms with Crippen LogP contribution in [-0.2, 0) is 9.59 Å². The smallest absolute Gasteiger partial charge is 0.263 e. The van der Waals surface area contributed by atoms with E-state index in [4.69, 9.17) is 0 Å². The van der Waals surface area contributed by atoms with Gasteiger partial charge in [-0.2, -0.15) is 5.11 Å². The van der Waals surface area contributed by atoms with Crippen molar-refractivity contribution in [2.75, 3.05) is 9.91 Å². The Kier molecular flexibility index (Phi) is 3.38. The minimum absolute atomic E-state index is 0.389. The van der Waals surface area contributed by atoms with Gasteiger partial charge in [0.1, 0.15) is 5.82 Å². The number of nitrogens with zero attached hydrogens (tertiary/aromatic N) is 4. The first-order chi connectivity index (χ1) is 12.0. The number of hydrogen-bond acceptors (Lipinski definition) is 5. The molecule has 0 aliphatic carbocycles. The van der Waals surface area contributed by atoms with Gasteiger partial charge in [-0.1, -0.05) is 17.4 Å². The van der Waals surface area contributed by atoms with E-state index < -0.39 is 29.7 Å². The molecule has 2 aliphatic heterocycles. The first-order valence-corrected chi connectivity index (χ1v) is 7.87. The molecular weight excluding hydrogens is 323 g/mol. The van der Waals surface area contributed by atoms with Gasteiger partial charge in [0, 0.05) is 0 Å². The standard InChI is InChI=1S/C18H15FN4O2/c1-10-6-11(2)8-14(7-10)22-17(24)15-16(18(22)25)23(21-20-15)13-5-3-4-12(19)9-13/h3-9,15-16H,1-2H3/t15-,16+/m0/s1. The average Bonchev–Trinajstić information content (AvgIpc) is 3.07. The lowest BCUT2D eigenvalue weighted by Crippen LogP contribution is -2.40. The molecule has 0 saturated carbocycles. The monoisotopic (exact) mass is 338 g/mol. The predicted molar refractivity (Wildman–Crippen MR) is 89.7 cm³/mol. The van der Waals surface area contributed by atoms with Gasteiger partial charge in [0.15, 0.2) is 12.1 Å². The molecule has 2 aliphatic rings. The Morgan fingerprint density at radius 1 is 0.960 bits per heavy atom. The molecule has 0 radical (unpaired) electrons. The van der Waals surface area contributed by atoms with Crippen molar-refractivity contribution in [3.8, 4) is 0 Å². The topological polar surface area (TPSA) is 65.3 Å². The summed E-state index contributed by atoms with van der Waals surface area (Å²) in [6.45, 7) is 3.81. The van der Waals surface area contributed by atoms with Gasteiger partial charge in [-0.25, -0.2) is 14.3 Å². The van der Waals surface area contributed by atoms with Crippen molar-refractivity contribution in [3.05, 3.63) is 59.4 Å². The molecule has 0 aromatic heterocycles. The fraction of sp³-hybridized carbons (Fsp3) is 0.222. The summed E-state index contributed by atoms with van der Waals surface area (Å²) in [5, 5.41) is 9.19. The first-order valence-electron chi connectivity index (χ1n) is 7.87. The highest BCUT2D eigenvalue weighted by Crippen LogP contribution is 2.35. The third-order valence-electron chi connectivity index (χ3n) is 4.32. The molecule has 126 valence electrons. The van der Waals surface area contributed by atoms with Gasteiger partial charge >= 0.3 is 0 Å². The number of fused-ring (bicyclic) bond motifs is 1. The summed E-state index contributed by atoms with van der Waals surface area (Å²) < 4.78 is 13.5. The maximum absolute atomic E-state index is 13.5. The van der Waals surface area contributed by atoms with Crippen LogP contribution in [-0.4, -0.2) is 23.9 Å². The van der Waals surface area contributed by atoms with E-state index >= 15 is 0 Å². The van der Waals surface area contributed by atoms with E-state index in [0.29, 0.717) is 11.4 Å². The normalized spacial score (nSPS) is 22.0. The lowest BCUT2D eigenvalue weighted by Gasteiger charge is -2.21. The van der Waals surface area contributed by atoms with Crippen molar-refractivity contribution in [2.24, 2.45) is 10.3 Å². The second-order valence-electron chi connectivity index (χ2n) is 6.28. The third kappa shape index (κ3) is 2.39. The number of hydrogen-bond donors (Lipinski definition) is 0. The zero-order chi connectivity index (χ0) is 17.7. The lowest BCUT2D eigenvalue weighted by atomic mass is 10.1. The van der Waals surface area contributed by atoms with Crippen LogP contribution >= 0.6 is 0 Å². The summed E-state index contributed by atoms with van der Waals surface area (Å²) >= 11 is 0. The van der Waals surface area contributed by atoms with Crippen molar-refractivity contribution in [3.63, 3.8) is 0 Å². The summed E-state index contributed by atoms with van der Waals surface area (Å²) in [6, 6.07) is 9.47. The van der Waals surface area contributed by atoms with Gasteiger partial charge in [0.2, 0.25) is 0 Å². The molecule has 1 fully saturated rings. The Labute approximate surface area is 143 Å². The number of imide groups is 1. The fourth-order valence-electron chi connectivity index (χ4n) is 3.33. The second kappa shape index (κ2) is 5.47. The molecule has 6 nitrogen and oxygen atoms in total. The van der Waals surface area contributed by atoms with Crippen LogP contribution in [0.3, 0.4) is 0 Å². The number of amides is 2. The SMILES string of the molecule is Cc1cc(C)cc(N2C(=O)[C@H]3N=NN(c4cccc(F)c4)[C@H]3C2=O)c1. The number of aryl methyl sites for hydroxylation is 2. The molecule has 2 amide bonds. The highest BCUT2D eigenvalue weighted by Gasteiger charge is 2.55. The van der Waals surface area contributed by atoms with Crippen molar-refractivity contribution in [1.82, 2.24) is 0 Å². The van der Waals surface area contributed by atoms with E-state index in [1.807, 2.05) is 19.9 Å². The van der Waals surface area contributed by atoms with Crippen LogP contribution in [0.4, 0.5) is 15.8 Å². The highest BCUT2D eigenvalue weighted by molar-refractivity contribution is 6.26. The molecular formula is C18H15FN4O2. The van der Waals surface area contributed by atoms with Crippen molar-refractivity contribution >= 4 is 23.2 Å². The van der Waals surface area contributed by atoms with E-state index in [1.165, 1.54) is 23.2 Å². The van der Waals surface area contributed by atoms with Crippen LogP contribution in [0.25, 0.3) is 0 Å². The number of carbonyl (C=O) groups is 2. The molecule has 2 aromatic carbocycles. The zero-order valence-corrected chi connectivity index (χ0v) is 13.7. The first kappa shape index (κ1) is 15.4. The van der Waals surface area contributed by atoms with Crippen LogP contribution in [0, 0.1) is 19.7 Å². The van der Waals surface area contributed by atoms with Crippen LogP contribution in [0.5, 0.6) is 0 Å². The maximum atomic E-state index is 13.5. The van der Waals surface area contributed by atoms with Crippen LogP contribution in [0.2, 0.25) is 0 Å². The molecule has 0 N–H and O–H groups in total. The number of halogens is 1. The van der Waals surface area contributed by atoms with Crippen LogP contribution in [0.1, 0.15) is 11.1 Å². The van der Waals surface area contributed by atoms with E-state index in [-0.39, 0.29) is 0 Å². The van der Waals surface area contributed by atoms with Gasteiger partial charge in [-0.05, 0) is 55.3 Å². The largest absolute Gasteiger partial charge is 0.271 e. The molecule has 25 heavy (non-hydrogen) atoms. The Hall–Kier alpha value is -3.09. The number of anilines is 2. The molecule has 2 heterocycles. The van der Waals surface area contributed by atoms with Gasteiger partial charge in [-0.15, -0.1) is 0 Å². The Balaban J connectivity index is 1.73. The summed E-state index contributed by atoms with van der Waals surface area (Å²) in [6.07, 6.45) is 0. The van der Waals surface area contributed by atoms with Crippen LogP contribution < -0.4 is 9.91 Å². The highest BCUT2D eigenvalue weighted by atomic mass is 19.1. The van der Waals surface area contributed by atoms with Crippen molar-refractivity contribution < 1.29 is 14.0 Å². The van der Waals surface area contributed by atoms with Crippen molar-refractivity contribution in [1.29, 1.82) is 0 Å². The predicted octanol–water partition coefficient (Wildman–Crippen LogP) is 2.94. The minimum atomic E-state index is -0.906. The molecule has 2 atom stereocenters. The Morgan fingerprint density at radius 2 is 1.68 bits per heavy atom. The van der Waals surface area contributed by atoms with Gasteiger partial charge in [0.05, 0.1) is 11.4 Å². The van der Waals surface area contributed by atoms with E-state index in [1.54, 1.807) is 18.2 Å². The maximum Gasteiger partial charge on any atom is 0.263 e. The van der Waals surface area contributed by atoms with E-state index in [9.17, 15) is 14.0 Å². The fourth-order valence-corrected chi connectivity index (χ4v) is 3.33. The number of rotatable bonds is 2.